The Balaban J connectivity index is 1.58. The molecule has 1 aliphatic heterocycles. The Bertz CT molecular complexity index is 878. The second-order valence-electron chi connectivity index (χ2n) is 6.56. The molecule has 1 fully saturated rings. The van der Waals surface area contributed by atoms with Crippen LogP contribution in [0.25, 0.3) is 0 Å². The fourth-order valence-electron chi connectivity index (χ4n) is 3.12. The topological polar surface area (TPSA) is 58.4 Å². The van der Waals surface area contributed by atoms with E-state index < -0.39 is 5.82 Å². The van der Waals surface area contributed by atoms with E-state index in [9.17, 15) is 14.0 Å². The highest BCUT2D eigenvalue weighted by Gasteiger charge is 2.22. The number of aromatic nitrogens is 2. The summed E-state index contributed by atoms with van der Waals surface area (Å²) in [5.74, 6) is -0.558. The molecular formula is C19H22ClFN4O2. The first-order chi connectivity index (χ1) is 13.0. The van der Waals surface area contributed by atoms with Crippen molar-refractivity contribution in [2.24, 2.45) is 0 Å². The molecule has 0 N–H and O–H groups in total. The first-order valence-electron chi connectivity index (χ1n) is 9.01. The van der Waals surface area contributed by atoms with Gasteiger partial charge in [0.15, 0.2) is 0 Å². The number of nitrogens with zero attached hydrogens (tertiary/aromatic N) is 4. The number of anilines is 1. The fraction of sp³-hybridized carbons (Fsp3) is 0.421. The summed E-state index contributed by atoms with van der Waals surface area (Å²) < 4.78 is 14.6. The predicted octanol–water partition coefficient (Wildman–Crippen LogP) is 2.34. The maximum Gasteiger partial charge on any atom is 0.253 e. The van der Waals surface area contributed by atoms with Gasteiger partial charge in [-0.25, -0.2) is 9.37 Å². The fourth-order valence-corrected chi connectivity index (χ4v) is 3.29. The van der Waals surface area contributed by atoms with E-state index in [1.54, 1.807) is 17.0 Å². The Morgan fingerprint density at radius 1 is 1.22 bits per heavy atom. The van der Waals surface area contributed by atoms with E-state index in [1.807, 2.05) is 6.92 Å². The second-order valence-corrected chi connectivity index (χ2v) is 6.97. The van der Waals surface area contributed by atoms with Crippen LogP contribution in [0.15, 0.2) is 35.4 Å². The third kappa shape index (κ3) is 4.66. The van der Waals surface area contributed by atoms with Crippen LogP contribution in [0.2, 0.25) is 5.02 Å². The molecule has 2 aromatic rings. The van der Waals surface area contributed by atoms with Gasteiger partial charge in [0.25, 0.3) is 5.56 Å². The predicted molar refractivity (Wildman–Crippen MR) is 103 cm³/mol. The van der Waals surface area contributed by atoms with E-state index in [0.717, 1.165) is 24.2 Å². The molecule has 0 unspecified atom stereocenters. The summed E-state index contributed by atoms with van der Waals surface area (Å²) in [5.41, 5.74) is 1.37. The van der Waals surface area contributed by atoms with Gasteiger partial charge in [-0.2, -0.15) is 0 Å². The van der Waals surface area contributed by atoms with Crippen LogP contribution in [-0.2, 0) is 17.8 Å². The molecular weight excluding hydrogens is 371 g/mol. The molecule has 27 heavy (non-hydrogen) atoms. The van der Waals surface area contributed by atoms with Crippen LogP contribution in [0.1, 0.15) is 19.0 Å². The number of hydrogen-bond donors (Lipinski definition) is 0. The lowest BCUT2D eigenvalue weighted by Gasteiger charge is -2.36. The van der Waals surface area contributed by atoms with Gasteiger partial charge in [-0.15, -0.1) is 0 Å². The van der Waals surface area contributed by atoms with Crippen LogP contribution in [0, 0.1) is 5.82 Å². The molecule has 2 heterocycles. The molecule has 0 saturated carbocycles. The van der Waals surface area contributed by atoms with Gasteiger partial charge in [-0.05, 0) is 24.6 Å². The summed E-state index contributed by atoms with van der Waals surface area (Å²) in [6.07, 6.45) is 3.11. The van der Waals surface area contributed by atoms with Crippen molar-refractivity contribution in [2.75, 3.05) is 31.1 Å². The Morgan fingerprint density at radius 3 is 2.59 bits per heavy atom. The average Bonchev–Trinajstić information content (AvgIpc) is 2.66. The third-order valence-electron chi connectivity index (χ3n) is 4.65. The average molecular weight is 393 g/mol. The normalized spacial score (nSPS) is 14.5. The molecule has 0 spiro atoms. The van der Waals surface area contributed by atoms with Crippen molar-refractivity contribution in [3.8, 4) is 0 Å². The molecule has 1 amide bonds. The number of benzene rings is 1. The molecule has 0 aliphatic carbocycles. The van der Waals surface area contributed by atoms with Gasteiger partial charge in [-0.1, -0.05) is 24.9 Å². The van der Waals surface area contributed by atoms with Gasteiger partial charge in [0, 0.05) is 43.6 Å². The number of rotatable bonds is 5. The van der Waals surface area contributed by atoms with Crippen molar-refractivity contribution in [3.63, 3.8) is 0 Å². The lowest BCUT2D eigenvalue weighted by atomic mass is 10.2. The Labute approximate surface area is 162 Å². The van der Waals surface area contributed by atoms with Crippen molar-refractivity contribution in [3.05, 3.63) is 57.5 Å². The van der Waals surface area contributed by atoms with Crippen molar-refractivity contribution in [1.29, 1.82) is 0 Å². The monoisotopic (exact) mass is 392 g/mol. The molecule has 0 radical (unpaired) electrons. The number of carbonyl (C=O) groups is 1. The zero-order valence-electron chi connectivity index (χ0n) is 15.2. The summed E-state index contributed by atoms with van der Waals surface area (Å²) in [5, 5.41) is 0.0874. The molecule has 1 aromatic heterocycles. The number of aryl methyl sites for hydroxylation is 1. The van der Waals surface area contributed by atoms with Crippen LogP contribution < -0.4 is 10.5 Å². The quantitative estimate of drug-likeness (QED) is 0.783. The van der Waals surface area contributed by atoms with Crippen molar-refractivity contribution in [1.82, 2.24) is 14.5 Å². The standard InChI is InChI=1S/C19H22ClFN4O2/c1-2-3-14-10-18(26)25(13-22-14)12-19(27)24-8-6-23(7-9-24)15-4-5-17(21)16(20)11-15/h4-5,10-11,13H,2-3,6-9,12H2,1H3. The lowest BCUT2D eigenvalue weighted by Crippen LogP contribution is -2.50. The molecule has 144 valence electrons. The van der Waals surface area contributed by atoms with Crippen molar-refractivity contribution >= 4 is 23.2 Å². The van der Waals surface area contributed by atoms with Gasteiger partial charge in [0.1, 0.15) is 12.4 Å². The van der Waals surface area contributed by atoms with Crippen molar-refractivity contribution < 1.29 is 9.18 Å². The van der Waals surface area contributed by atoms with Gasteiger partial charge >= 0.3 is 0 Å². The van der Waals surface area contributed by atoms with Gasteiger partial charge in [-0.3, -0.25) is 14.2 Å². The van der Waals surface area contributed by atoms with Gasteiger partial charge < -0.3 is 9.80 Å². The largest absolute Gasteiger partial charge is 0.368 e. The smallest absolute Gasteiger partial charge is 0.253 e. The number of piperazine rings is 1. The number of amides is 1. The molecule has 8 heteroatoms. The number of carbonyl (C=O) groups excluding carboxylic acids is 1. The number of hydrogen-bond acceptors (Lipinski definition) is 4. The SMILES string of the molecule is CCCc1cc(=O)n(CC(=O)N2CCN(c3ccc(F)c(Cl)c3)CC2)cn1. The number of halogens is 2. The first-order valence-corrected chi connectivity index (χ1v) is 9.39. The molecule has 3 rings (SSSR count). The molecule has 1 aliphatic rings. The van der Waals surface area contributed by atoms with E-state index >= 15 is 0 Å². The molecule has 1 aromatic carbocycles. The highest BCUT2D eigenvalue weighted by atomic mass is 35.5. The zero-order valence-corrected chi connectivity index (χ0v) is 16.0. The molecule has 0 bridgehead atoms. The minimum atomic E-state index is -0.446. The first kappa shape index (κ1) is 19.4. The third-order valence-corrected chi connectivity index (χ3v) is 4.94. The lowest BCUT2D eigenvalue weighted by molar-refractivity contribution is -0.132. The van der Waals surface area contributed by atoms with Crippen LogP contribution in [0.3, 0.4) is 0 Å². The highest BCUT2D eigenvalue weighted by Crippen LogP contribution is 2.23. The zero-order chi connectivity index (χ0) is 19.4. The van der Waals surface area contributed by atoms with E-state index in [-0.39, 0.29) is 23.0 Å². The second kappa shape index (κ2) is 8.52. The molecule has 1 saturated heterocycles. The minimum Gasteiger partial charge on any atom is -0.368 e. The van der Waals surface area contributed by atoms with E-state index in [1.165, 1.54) is 23.0 Å². The summed E-state index contributed by atoms with van der Waals surface area (Å²) in [4.78, 5) is 32.7. The van der Waals surface area contributed by atoms with Crippen LogP contribution in [0.5, 0.6) is 0 Å². The van der Waals surface area contributed by atoms with E-state index in [0.29, 0.717) is 26.2 Å². The minimum absolute atomic E-state index is 0.0133. The maximum atomic E-state index is 13.3. The Kier molecular flexibility index (Phi) is 6.11. The van der Waals surface area contributed by atoms with E-state index in [4.69, 9.17) is 11.6 Å². The summed E-state index contributed by atoms with van der Waals surface area (Å²) in [7, 11) is 0. The summed E-state index contributed by atoms with van der Waals surface area (Å²) in [6.45, 7) is 4.32. The van der Waals surface area contributed by atoms with E-state index in [2.05, 4.69) is 9.88 Å². The van der Waals surface area contributed by atoms with Crippen LogP contribution in [-0.4, -0.2) is 46.5 Å². The molecule has 0 atom stereocenters. The highest BCUT2D eigenvalue weighted by molar-refractivity contribution is 6.31. The van der Waals surface area contributed by atoms with Gasteiger partial charge in [0.05, 0.1) is 11.3 Å². The Hall–Kier alpha value is -2.41. The summed E-state index contributed by atoms with van der Waals surface area (Å²) >= 11 is 5.84. The van der Waals surface area contributed by atoms with Crippen LogP contribution >= 0.6 is 11.6 Å². The summed E-state index contributed by atoms with van der Waals surface area (Å²) in [6, 6.07) is 6.11. The van der Waals surface area contributed by atoms with Gasteiger partial charge in [0.2, 0.25) is 5.91 Å². The Morgan fingerprint density at radius 2 is 1.96 bits per heavy atom. The maximum absolute atomic E-state index is 13.3. The molecule has 6 nitrogen and oxygen atoms in total. The van der Waals surface area contributed by atoms with Crippen LogP contribution in [0.4, 0.5) is 10.1 Å². The van der Waals surface area contributed by atoms with Crippen molar-refractivity contribution in [2.45, 2.75) is 26.3 Å².